The van der Waals surface area contributed by atoms with Crippen LogP contribution in [-0.2, 0) is 0 Å². The van der Waals surface area contributed by atoms with Crippen LogP contribution in [0.2, 0.25) is 0 Å². The predicted molar refractivity (Wildman–Crippen MR) is 73.9 cm³/mol. The van der Waals surface area contributed by atoms with Gasteiger partial charge in [0.15, 0.2) is 0 Å². The quantitative estimate of drug-likeness (QED) is 0.471. The van der Waals surface area contributed by atoms with Crippen LogP contribution in [0.5, 0.6) is 0 Å². The van der Waals surface area contributed by atoms with E-state index in [1.807, 2.05) is 0 Å². The molecule has 0 aliphatic carbocycles. The van der Waals surface area contributed by atoms with Crippen molar-refractivity contribution in [1.29, 1.82) is 5.26 Å². The second-order valence-electron chi connectivity index (χ2n) is 4.78. The highest BCUT2D eigenvalue weighted by Crippen LogP contribution is 2.44. The molecule has 0 saturated heterocycles. The van der Waals surface area contributed by atoms with Crippen molar-refractivity contribution in [2.75, 3.05) is 12.3 Å². The van der Waals surface area contributed by atoms with Crippen LogP contribution in [0.25, 0.3) is 0 Å². The highest BCUT2D eigenvalue weighted by molar-refractivity contribution is 7.55. The smallest absolute Gasteiger partial charge is 0.0621 e. The molecule has 0 aromatic carbocycles. The minimum absolute atomic E-state index is 0.0325. The van der Waals surface area contributed by atoms with E-state index in [2.05, 4.69) is 45.4 Å². The van der Waals surface area contributed by atoms with Gasteiger partial charge >= 0.3 is 0 Å². The van der Waals surface area contributed by atoms with Gasteiger partial charge in [0.1, 0.15) is 0 Å². The first kappa shape index (κ1) is 15.9. The molecule has 0 saturated carbocycles. The minimum Gasteiger partial charge on any atom is -0.277 e. The van der Waals surface area contributed by atoms with Gasteiger partial charge in [0.25, 0.3) is 0 Å². The molecule has 16 heavy (non-hydrogen) atoms. The first-order valence-electron chi connectivity index (χ1n) is 6.44. The fourth-order valence-corrected chi connectivity index (χ4v) is 5.22. The van der Waals surface area contributed by atoms with Gasteiger partial charge in [-0.1, -0.05) is 13.3 Å². The van der Waals surface area contributed by atoms with E-state index in [4.69, 9.17) is 5.26 Å². The summed E-state index contributed by atoms with van der Waals surface area (Å²) in [5.74, 6) is 0. The monoisotopic (exact) mass is 242 g/mol. The zero-order valence-corrected chi connectivity index (χ0v) is 12.4. The van der Waals surface area contributed by atoms with Crippen LogP contribution in [0.4, 0.5) is 0 Å². The molecule has 0 rings (SSSR count). The summed E-state index contributed by atoms with van der Waals surface area (Å²) in [4.78, 5) is 0. The van der Waals surface area contributed by atoms with Crippen molar-refractivity contribution in [3.8, 4) is 6.07 Å². The van der Waals surface area contributed by atoms with Gasteiger partial charge in [-0.3, -0.25) is 4.67 Å². The maximum Gasteiger partial charge on any atom is 0.0621 e. The summed E-state index contributed by atoms with van der Waals surface area (Å²) in [6.07, 6.45) is 5.59. The fraction of sp³-hybridized carbons (Fsp3) is 0.923. The van der Waals surface area contributed by atoms with Crippen molar-refractivity contribution in [1.82, 2.24) is 4.67 Å². The molecular formula is C13H27N2P. The largest absolute Gasteiger partial charge is 0.277 e. The lowest BCUT2D eigenvalue weighted by atomic mass is 10.3. The minimum atomic E-state index is -0.0325. The molecule has 0 aliphatic heterocycles. The summed E-state index contributed by atoms with van der Waals surface area (Å²) < 4.78 is 2.66. The van der Waals surface area contributed by atoms with E-state index < -0.39 is 0 Å². The second-order valence-corrected chi connectivity index (χ2v) is 7.15. The van der Waals surface area contributed by atoms with Gasteiger partial charge in [-0.05, 0) is 54.5 Å². The van der Waals surface area contributed by atoms with E-state index in [9.17, 15) is 0 Å². The van der Waals surface area contributed by atoms with Gasteiger partial charge < -0.3 is 0 Å². The zero-order chi connectivity index (χ0) is 12.6. The lowest BCUT2D eigenvalue weighted by molar-refractivity contribution is 0.321. The summed E-state index contributed by atoms with van der Waals surface area (Å²) in [5, 5.41) is 8.61. The Bertz CT molecular complexity index is 200. The van der Waals surface area contributed by atoms with Crippen molar-refractivity contribution >= 4 is 8.07 Å². The van der Waals surface area contributed by atoms with Crippen LogP contribution in [-0.4, -0.2) is 29.1 Å². The molecule has 0 heterocycles. The maximum absolute atomic E-state index is 8.61. The van der Waals surface area contributed by atoms with E-state index in [0.717, 1.165) is 6.42 Å². The summed E-state index contributed by atoms with van der Waals surface area (Å²) in [5.41, 5.74) is 0. The van der Waals surface area contributed by atoms with Gasteiger partial charge in [0, 0.05) is 18.5 Å². The zero-order valence-electron chi connectivity index (χ0n) is 11.5. The number of nitriles is 1. The number of hydrogen-bond donors (Lipinski definition) is 0. The second kappa shape index (κ2) is 8.97. The molecule has 3 heteroatoms. The van der Waals surface area contributed by atoms with E-state index in [1.54, 1.807) is 0 Å². The Hall–Kier alpha value is -0.120. The molecule has 1 atom stereocenters. The number of nitrogens with zero attached hydrogens (tertiary/aromatic N) is 2. The Morgan fingerprint density at radius 2 is 1.69 bits per heavy atom. The first-order chi connectivity index (χ1) is 7.54. The number of unbranched alkanes of at least 4 members (excludes halogenated alkanes) is 1. The molecule has 2 nitrogen and oxygen atoms in total. The molecule has 0 aromatic rings. The molecule has 1 unspecified atom stereocenters. The lowest BCUT2D eigenvalue weighted by Crippen LogP contribution is -2.33. The van der Waals surface area contributed by atoms with Gasteiger partial charge in [0.2, 0.25) is 0 Å². The van der Waals surface area contributed by atoms with E-state index in [-0.39, 0.29) is 8.07 Å². The molecule has 0 fully saturated rings. The number of hydrogen-bond acceptors (Lipinski definition) is 2. The van der Waals surface area contributed by atoms with Crippen molar-refractivity contribution < 1.29 is 0 Å². The normalized spacial score (nSPS) is 13.4. The molecule has 0 bridgehead atoms. The summed E-state index contributed by atoms with van der Waals surface area (Å²) >= 11 is 0. The first-order valence-corrected chi connectivity index (χ1v) is 8.11. The van der Waals surface area contributed by atoms with Crippen LogP contribution >= 0.6 is 8.07 Å². The third-order valence-electron chi connectivity index (χ3n) is 2.57. The maximum atomic E-state index is 8.61. The Labute approximate surface area is 103 Å². The van der Waals surface area contributed by atoms with E-state index in [1.165, 1.54) is 18.7 Å². The Morgan fingerprint density at radius 3 is 2.06 bits per heavy atom. The van der Waals surface area contributed by atoms with Crippen LogP contribution < -0.4 is 0 Å². The Kier molecular flexibility index (Phi) is 8.90. The molecule has 94 valence electrons. The van der Waals surface area contributed by atoms with Crippen molar-refractivity contribution in [2.24, 2.45) is 0 Å². The van der Waals surface area contributed by atoms with Gasteiger partial charge in [0.05, 0.1) is 6.07 Å². The van der Waals surface area contributed by atoms with Crippen molar-refractivity contribution in [3.05, 3.63) is 0 Å². The predicted octanol–water partition coefficient (Wildman–Crippen LogP) is 4.22. The lowest BCUT2D eigenvalue weighted by Gasteiger charge is -2.38. The van der Waals surface area contributed by atoms with Crippen molar-refractivity contribution in [3.63, 3.8) is 0 Å². The SMILES string of the molecule is CCCP(CCCC#N)N(C(C)C)C(C)C. The highest BCUT2D eigenvalue weighted by Gasteiger charge is 2.22. The van der Waals surface area contributed by atoms with Gasteiger partial charge in [-0.15, -0.1) is 0 Å². The van der Waals surface area contributed by atoms with Gasteiger partial charge in [-0.25, -0.2) is 0 Å². The molecule has 0 aromatic heterocycles. The standard InChI is InChI=1S/C13H27N2P/c1-6-10-16(11-8-7-9-14)15(12(2)3)13(4)5/h12-13H,6-8,10-11H2,1-5H3. The van der Waals surface area contributed by atoms with E-state index >= 15 is 0 Å². The molecule has 0 amide bonds. The Balaban J connectivity index is 4.39. The summed E-state index contributed by atoms with van der Waals surface area (Å²) in [7, 11) is -0.0325. The molecule has 0 spiro atoms. The average molecular weight is 242 g/mol. The summed E-state index contributed by atoms with van der Waals surface area (Å²) in [6.45, 7) is 11.4. The fourth-order valence-electron chi connectivity index (χ4n) is 2.19. The summed E-state index contributed by atoms with van der Waals surface area (Å²) in [6, 6.07) is 3.50. The third kappa shape index (κ3) is 5.83. The van der Waals surface area contributed by atoms with Crippen molar-refractivity contribution in [2.45, 2.75) is 66.0 Å². The average Bonchev–Trinajstić information content (AvgIpc) is 2.17. The van der Waals surface area contributed by atoms with Crippen LogP contribution in [0.3, 0.4) is 0 Å². The van der Waals surface area contributed by atoms with Crippen LogP contribution in [0.1, 0.15) is 53.9 Å². The molecule has 0 aliphatic rings. The third-order valence-corrected chi connectivity index (χ3v) is 5.94. The topological polar surface area (TPSA) is 27.0 Å². The number of rotatable bonds is 8. The molecule has 0 radical (unpaired) electrons. The highest BCUT2D eigenvalue weighted by atomic mass is 31.1. The Morgan fingerprint density at radius 1 is 1.12 bits per heavy atom. The van der Waals surface area contributed by atoms with E-state index in [0.29, 0.717) is 18.5 Å². The van der Waals surface area contributed by atoms with Gasteiger partial charge in [-0.2, -0.15) is 5.26 Å². The molecule has 0 N–H and O–H groups in total. The van der Waals surface area contributed by atoms with Crippen LogP contribution in [0, 0.1) is 11.3 Å². The molecular weight excluding hydrogens is 215 g/mol. The van der Waals surface area contributed by atoms with Crippen LogP contribution in [0.15, 0.2) is 0 Å².